The number of carboxylic acids is 1. The molecule has 0 saturated carbocycles. The van der Waals surface area contributed by atoms with Gasteiger partial charge in [-0.25, -0.2) is 9.78 Å². The Morgan fingerprint density at radius 2 is 2.44 bits per heavy atom. The van der Waals surface area contributed by atoms with E-state index in [4.69, 9.17) is 9.84 Å². The first-order valence-electron chi connectivity index (χ1n) is 5.65. The van der Waals surface area contributed by atoms with Crippen LogP contribution in [0.5, 0.6) is 5.75 Å². The Hall–Kier alpha value is -1.82. The minimum Gasteiger partial charge on any atom is -0.490 e. The molecule has 18 heavy (non-hydrogen) atoms. The van der Waals surface area contributed by atoms with Gasteiger partial charge in [-0.05, 0) is 12.5 Å². The SMILES string of the molecule is CCc1cc(OCCn2ccnc2)c(C(=O)O)s1. The average molecular weight is 266 g/mol. The van der Waals surface area contributed by atoms with Gasteiger partial charge in [-0.1, -0.05) is 6.92 Å². The molecule has 0 aliphatic carbocycles. The van der Waals surface area contributed by atoms with Crippen LogP contribution in [0, 0.1) is 0 Å². The standard InChI is InChI=1S/C12H14N2O3S/c1-2-9-7-10(11(18-9)12(15)16)17-6-5-14-4-3-13-8-14/h3-4,7-8H,2,5-6H2,1H3,(H,15,16). The Balaban J connectivity index is 1.99. The van der Waals surface area contributed by atoms with Gasteiger partial charge in [0, 0.05) is 17.3 Å². The molecule has 2 rings (SSSR count). The molecule has 2 heterocycles. The largest absolute Gasteiger partial charge is 0.490 e. The maximum absolute atomic E-state index is 11.1. The molecule has 96 valence electrons. The molecule has 0 atom stereocenters. The Bertz CT molecular complexity index is 519. The second-order valence-corrected chi connectivity index (χ2v) is 4.85. The topological polar surface area (TPSA) is 64.4 Å². The van der Waals surface area contributed by atoms with Gasteiger partial charge in [-0.3, -0.25) is 0 Å². The number of carbonyl (C=O) groups is 1. The fourth-order valence-electron chi connectivity index (χ4n) is 1.53. The van der Waals surface area contributed by atoms with Gasteiger partial charge >= 0.3 is 5.97 Å². The van der Waals surface area contributed by atoms with Gasteiger partial charge in [-0.2, -0.15) is 0 Å². The predicted molar refractivity (Wildman–Crippen MR) is 68.4 cm³/mol. The Morgan fingerprint density at radius 1 is 1.61 bits per heavy atom. The van der Waals surface area contributed by atoms with Crippen LogP contribution in [0.3, 0.4) is 0 Å². The van der Waals surface area contributed by atoms with Crippen molar-refractivity contribution in [1.82, 2.24) is 9.55 Å². The first-order valence-corrected chi connectivity index (χ1v) is 6.47. The van der Waals surface area contributed by atoms with Crippen LogP contribution in [-0.2, 0) is 13.0 Å². The highest BCUT2D eigenvalue weighted by Gasteiger charge is 2.15. The number of rotatable bonds is 6. The maximum Gasteiger partial charge on any atom is 0.349 e. The van der Waals surface area contributed by atoms with E-state index in [0.717, 1.165) is 11.3 Å². The van der Waals surface area contributed by atoms with Crippen molar-refractivity contribution in [3.8, 4) is 5.75 Å². The van der Waals surface area contributed by atoms with Crippen molar-refractivity contribution in [2.45, 2.75) is 19.9 Å². The van der Waals surface area contributed by atoms with E-state index in [-0.39, 0.29) is 4.88 Å². The second-order valence-electron chi connectivity index (χ2n) is 3.71. The highest BCUT2D eigenvalue weighted by atomic mass is 32.1. The summed E-state index contributed by atoms with van der Waals surface area (Å²) >= 11 is 1.27. The van der Waals surface area contributed by atoms with E-state index in [1.807, 2.05) is 23.8 Å². The van der Waals surface area contributed by atoms with Crippen molar-refractivity contribution < 1.29 is 14.6 Å². The molecule has 0 fully saturated rings. The maximum atomic E-state index is 11.1. The number of ether oxygens (including phenoxy) is 1. The van der Waals surface area contributed by atoms with E-state index in [1.54, 1.807) is 12.5 Å². The quantitative estimate of drug-likeness (QED) is 0.871. The lowest BCUT2D eigenvalue weighted by Crippen LogP contribution is -2.07. The lowest BCUT2D eigenvalue weighted by atomic mass is 10.3. The Morgan fingerprint density at radius 3 is 3.06 bits per heavy atom. The number of hydrogen-bond acceptors (Lipinski definition) is 4. The summed E-state index contributed by atoms with van der Waals surface area (Å²) < 4.78 is 7.42. The third kappa shape index (κ3) is 2.89. The molecule has 1 N–H and O–H groups in total. The van der Waals surface area contributed by atoms with E-state index in [9.17, 15) is 4.79 Å². The summed E-state index contributed by atoms with van der Waals surface area (Å²) in [7, 11) is 0. The molecule has 0 spiro atoms. The second kappa shape index (κ2) is 5.68. The third-order valence-corrected chi connectivity index (χ3v) is 3.71. The van der Waals surface area contributed by atoms with E-state index >= 15 is 0 Å². The molecule has 5 nitrogen and oxygen atoms in total. The van der Waals surface area contributed by atoms with Crippen LogP contribution in [0.25, 0.3) is 0 Å². The van der Waals surface area contributed by atoms with Gasteiger partial charge in [0.2, 0.25) is 0 Å². The van der Waals surface area contributed by atoms with Gasteiger partial charge in [0.1, 0.15) is 12.4 Å². The van der Waals surface area contributed by atoms with Crippen molar-refractivity contribution in [1.29, 1.82) is 0 Å². The van der Waals surface area contributed by atoms with Gasteiger partial charge in [0.25, 0.3) is 0 Å². The van der Waals surface area contributed by atoms with E-state index < -0.39 is 5.97 Å². The summed E-state index contributed by atoms with van der Waals surface area (Å²) in [5.74, 6) is -0.471. The van der Waals surface area contributed by atoms with Crippen molar-refractivity contribution in [2.24, 2.45) is 0 Å². The molecule has 0 aromatic carbocycles. The van der Waals surface area contributed by atoms with Crippen molar-refractivity contribution in [2.75, 3.05) is 6.61 Å². The fraction of sp³-hybridized carbons (Fsp3) is 0.333. The third-order valence-electron chi connectivity index (χ3n) is 2.46. The number of carboxylic acid groups (broad SMARTS) is 1. The molecule has 0 saturated heterocycles. The highest BCUT2D eigenvalue weighted by molar-refractivity contribution is 7.14. The molecule has 6 heteroatoms. The van der Waals surface area contributed by atoms with E-state index in [0.29, 0.717) is 18.9 Å². The van der Waals surface area contributed by atoms with Crippen LogP contribution in [0.1, 0.15) is 21.5 Å². The summed E-state index contributed by atoms with van der Waals surface area (Å²) in [6.45, 7) is 3.07. The van der Waals surface area contributed by atoms with Crippen LogP contribution < -0.4 is 4.74 Å². The van der Waals surface area contributed by atoms with Crippen molar-refractivity contribution in [3.63, 3.8) is 0 Å². The van der Waals surface area contributed by atoms with Crippen LogP contribution in [0.15, 0.2) is 24.8 Å². The lowest BCUT2D eigenvalue weighted by molar-refractivity contribution is 0.0698. The Kier molecular flexibility index (Phi) is 3.99. The molecule has 2 aromatic rings. The molecule has 0 radical (unpaired) electrons. The molecular formula is C12H14N2O3S. The normalized spacial score (nSPS) is 10.5. The minimum atomic E-state index is -0.933. The van der Waals surface area contributed by atoms with Crippen molar-refractivity contribution >= 4 is 17.3 Å². The molecule has 0 aliphatic rings. The molecule has 0 bridgehead atoms. The monoisotopic (exact) mass is 266 g/mol. The molecule has 2 aromatic heterocycles. The zero-order chi connectivity index (χ0) is 13.0. The first kappa shape index (κ1) is 12.6. The predicted octanol–water partition coefficient (Wildman–Crippen LogP) is 2.28. The van der Waals surface area contributed by atoms with Crippen LogP contribution in [-0.4, -0.2) is 27.2 Å². The van der Waals surface area contributed by atoms with E-state index in [2.05, 4.69) is 4.98 Å². The molecule has 0 amide bonds. The van der Waals surface area contributed by atoms with Gasteiger partial charge in [0.05, 0.1) is 12.9 Å². The minimum absolute atomic E-state index is 0.275. The van der Waals surface area contributed by atoms with Crippen LogP contribution in [0.2, 0.25) is 0 Å². The zero-order valence-electron chi connectivity index (χ0n) is 10.00. The summed E-state index contributed by atoms with van der Waals surface area (Å²) in [5.41, 5.74) is 0. The number of aromatic carboxylic acids is 1. The zero-order valence-corrected chi connectivity index (χ0v) is 10.8. The molecule has 0 unspecified atom stereocenters. The first-order chi connectivity index (χ1) is 8.70. The number of thiophene rings is 1. The highest BCUT2D eigenvalue weighted by Crippen LogP contribution is 2.29. The average Bonchev–Trinajstić information content (AvgIpc) is 2.97. The summed E-state index contributed by atoms with van der Waals surface area (Å²) in [5, 5.41) is 9.07. The van der Waals surface area contributed by atoms with Gasteiger partial charge in [0.15, 0.2) is 4.88 Å². The molecule has 0 aliphatic heterocycles. The fourth-order valence-corrected chi connectivity index (χ4v) is 2.41. The number of imidazole rings is 1. The number of hydrogen-bond donors (Lipinski definition) is 1. The van der Waals surface area contributed by atoms with Gasteiger partial charge < -0.3 is 14.4 Å². The summed E-state index contributed by atoms with van der Waals surface area (Å²) in [6, 6.07) is 1.81. The smallest absolute Gasteiger partial charge is 0.349 e. The van der Waals surface area contributed by atoms with Crippen molar-refractivity contribution in [3.05, 3.63) is 34.5 Å². The Labute approximate surface area is 109 Å². The van der Waals surface area contributed by atoms with Gasteiger partial charge in [-0.15, -0.1) is 11.3 Å². The number of aromatic nitrogens is 2. The van der Waals surface area contributed by atoms with E-state index in [1.165, 1.54) is 11.3 Å². The summed E-state index contributed by atoms with van der Waals surface area (Å²) in [6.07, 6.45) is 6.05. The van der Waals surface area contributed by atoms with Crippen LogP contribution in [0.4, 0.5) is 0 Å². The number of aryl methyl sites for hydroxylation is 1. The lowest BCUT2D eigenvalue weighted by Gasteiger charge is -2.05. The van der Waals surface area contributed by atoms with Crippen LogP contribution >= 0.6 is 11.3 Å². The molecular weight excluding hydrogens is 252 g/mol. The number of nitrogens with zero attached hydrogens (tertiary/aromatic N) is 2. The summed E-state index contributed by atoms with van der Waals surface area (Å²) in [4.78, 5) is 16.3.